The van der Waals surface area contributed by atoms with E-state index in [0.29, 0.717) is 6.54 Å². The summed E-state index contributed by atoms with van der Waals surface area (Å²) < 4.78 is 0. The largest absolute Gasteiger partial charge is 0.478 e. The second-order valence-electron chi connectivity index (χ2n) is 5.42. The SMILES string of the molecule is CC(=CC(=O)O)CNCCC1CCC(C)CC1. The van der Waals surface area contributed by atoms with Crippen molar-refractivity contribution >= 4 is 5.97 Å². The summed E-state index contributed by atoms with van der Waals surface area (Å²) in [4.78, 5) is 10.4. The standard InChI is InChI=1S/C14H25NO2/c1-11-3-5-13(6-4-11)7-8-15-10-12(2)9-14(16)17/h9,11,13,15H,3-8,10H2,1-2H3,(H,16,17). The Kier molecular flexibility index (Phi) is 6.27. The van der Waals surface area contributed by atoms with Crippen LogP contribution < -0.4 is 5.32 Å². The summed E-state index contributed by atoms with van der Waals surface area (Å²) >= 11 is 0. The molecule has 2 N–H and O–H groups in total. The number of carbonyl (C=O) groups is 1. The average molecular weight is 239 g/mol. The van der Waals surface area contributed by atoms with E-state index in [1.54, 1.807) is 0 Å². The summed E-state index contributed by atoms with van der Waals surface area (Å²) in [7, 11) is 0. The van der Waals surface area contributed by atoms with E-state index in [9.17, 15) is 4.79 Å². The van der Waals surface area contributed by atoms with Crippen LogP contribution >= 0.6 is 0 Å². The first-order valence-corrected chi connectivity index (χ1v) is 6.68. The zero-order valence-corrected chi connectivity index (χ0v) is 11.0. The van der Waals surface area contributed by atoms with Gasteiger partial charge in [0, 0.05) is 12.6 Å². The maximum absolute atomic E-state index is 10.4. The van der Waals surface area contributed by atoms with E-state index in [1.165, 1.54) is 38.2 Å². The molecule has 0 bridgehead atoms. The first-order chi connectivity index (χ1) is 8.08. The Labute approximate surface area is 104 Å². The molecule has 0 amide bonds. The van der Waals surface area contributed by atoms with Crippen LogP contribution in [0.4, 0.5) is 0 Å². The highest BCUT2D eigenvalue weighted by atomic mass is 16.4. The van der Waals surface area contributed by atoms with E-state index in [0.717, 1.165) is 24.0 Å². The van der Waals surface area contributed by atoms with Crippen LogP contribution in [0.1, 0.15) is 46.0 Å². The summed E-state index contributed by atoms with van der Waals surface area (Å²) in [5, 5.41) is 11.9. The summed E-state index contributed by atoms with van der Waals surface area (Å²) in [6, 6.07) is 0. The van der Waals surface area contributed by atoms with Crippen molar-refractivity contribution in [2.45, 2.75) is 46.0 Å². The zero-order chi connectivity index (χ0) is 12.7. The summed E-state index contributed by atoms with van der Waals surface area (Å²) in [5.41, 5.74) is 0.884. The molecule has 0 heterocycles. The van der Waals surface area contributed by atoms with Gasteiger partial charge >= 0.3 is 5.97 Å². The van der Waals surface area contributed by atoms with Crippen molar-refractivity contribution in [1.29, 1.82) is 0 Å². The van der Waals surface area contributed by atoms with Crippen LogP contribution in [-0.2, 0) is 4.79 Å². The van der Waals surface area contributed by atoms with E-state index in [-0.39, 0.29) is 0 Å². The Morgan fingerprint density at radius 2 is 2.00 bits per heavy atom. The van der Waals surface area contributed by atoms with E-state index in [2.05, 4.69) is 12.2 Å². The van der Waals surface area contributed by atoms with Crippen LogP contribution in [-0.4, -0.2) is 24.2 Å². The first kappa shape index (κ1) is 14.2. The lowest BCUT2D eigenvalue weighted by Gasteiger charge is -2.26. The van der Waals surface area contributed by atoms with Gasteiger partial charge < -0.3 is 10.4 Å². The van der Waals surface area contributed by atoms with Crippen molar-refractivity contribution in [2.75, 3.05) is 13.1 Å². The fraction of sp³-hybridized carbons (Fsp3) is 0.786. The highest BCUT2D eigenvalue weighted by Crippen LogP contribution is 2.29. The highest BCUT2D eigenvalue weighted by molar-refractivity contribution is 5.80. The summed E-state index contributed by atoms with van der Waals surface area (Å²) in [6.45, 7) is 5.89. The number of carboxylic acids is 1. The Balaban J connectivity index is 2.06. The molecular formula is C14H25NO2. The number of carboxylic acid groups (broad SMARTS) is 1. The van der Waals surface area contributed by atoms with Crippen LogP contribution in [0.5, 0.6) is 0 Å². The third-order valence-corrected chi connectivity index (χ3v) is 3.64. The van der Waals surface area contributed by atoms with Crippen LogP contribution in [0.15, 0.2) is 11.6 Å². The zero-order valence-electron chi connectivity index (χ0n) is 11.0. The van der Waals surface area contributed by atoms with Crippen molar-refractivity contribution in [3.05, 3.63) is 11.6 Å². The predicted octanol–water partition coefficient (Wildman–Crippen LogP) is 2.82. The average Bonchev–Trinajstić information content (AvgIpc) is 2.26. The number of nitrogens with one attached hydrogen (secondary N) is 1. The number of aliphatic carboxylic acids is 1. The minimum absolute atomic E-state index is 0.690. The number of hydrogen-bond donors (Lipinski definition) is 2. The third-order valence-electron chi connectivity index (χ3n) is 3.64. The van der Waals surface area contributed by atoms with Gasteiger partial charge in [-0.1, -0.05) is 38.2 Å². The lowest BCUT2D eigenvalue weighted by molar-refractivity contribution is -0.131. The van der Waals surface area contributed by atoms with Gasteiger partial charge in [0.1, 0.15) is 0 Å². The van der Waals surface area contributed by atoms with Gasteiger partial charge in [-0.25, -0.2) is 4.79 Å². The van der Waals surface area contributed by atoms with Gasteiger partial charge in [0.15, 0.2) is 0 Å². The molecule has 0 aliphatic heterocycles. The van der Waals surface area contributed by atoms with Crippen LogP contribution in [0, 0.1) is 11.8 Å². The Morgan fingerprint density at radius 3 is 2.59 bits per heavy atom. The first-order valence-electron chi connectivity index (χ1n) is 6.68. The second kappa shape index (κ2) is 7.49. The lowest BCUT2D eigenvalue weighted by Crippen LogP contribution is -2.22. The van der Waals surface area contributed by atoms with Gasteiger partial charge in [-0.2, -0.15) is 0 Å². The molecule has 0 unspecified atom stereocenters. The molecule has 0 aromatic carbocycles. The number of hydrogen-bond acceptors (Lipinski definition) is 2. The van der Waals surface area contributed by atoms with Gasteiger partial charge in [-0.05, 0) is 31.7 Å². The Hall–Kier alpha value is -0.830. The molecule has 0 radical (unpaired) electrons. The van der Waals surface area contributed by atoms with E-state index < -0.39 is 5.97 Å². The molecule has 1 saturated carbocycles. The Morgan fingerprint density at radius 1 is 1.35 bits per heavy atom. The van der Waals surface area contributed by atoms with E-state index in [1.807, 2.05) is 6.92 Å². The van der Waals surface area contributed by atoms with Crippen molar-refractivity contribution in [3.63, 3.8) is 0 Å². The van der Waals surface area contributed by atoms with Gasteiger partial charge in [-0.3, -0.25) is 0 Å². The molecule has 0 atom stereocenters. The van der Waals surface area contributed by atoms with Crippen LogP contribution in [0.2, 0.25) is 0 Å². The van der Waals surface area contributed by atoms with Gasteiger partial charge in [0.2, 0.25) is 0 Å². The minimum atomic E-state index is -0.856. The van der Waals surface area contributed by atoms with E-state index >= 15 is 0 Å². The molecule has 0 aromatic rings. The summed E-state index contributed by atoms with van der Waals surface area (Å²) in [5.74, 6) is 0.938. The molecule has 1 aliphatic carbocycles. The maximum Gasteiger partial charge on any atom is 0.328 e. The molecule has 1 fully saturated rings. The third kappa shape index (κ3) is 6.47. The van der Waals surface area contributed by atoms with Gasteiger partial charge in [0.05, 0.1) is 0 Å². The number of rotatable bonds is 6. The molecule has 98 valence electrons. The lowest BCUT2D eigenvalue weighted by atomic mass is 9.81. The monoisotopic (exact) mass is 239 g/mol. The Bertz CT molecular complexity index is 265. The molecule has 3 heteroatoms. The van der Waals surface area contributed by atoms with Crippen molar-refractivity contribution in [1.82, 2.24) is 5.32 Å². The quantitative estimate of drug-likeness (QED) is 0.553. The molecule has 1 rings (SSSR count). The molecule has 1 aliphatic rings. The molecule has 0 saturated heterocycles. The highest BCUT2D eigenvalue weighted by Gasteiger charge is 2.17. The molecule has 0 aromatic heterocycles. The van der Waals surface area contributed by atoms with Crippen LogP contribution in [0.3, 0.4) is 0 Å². The summed E-state index contributed by atoms with van der Waals surface area (Å²) in [6.07, 6.45) is 7.99. The smallest absolute Gasteiger partial charge is 0.328 e. The fourth-order valence-corrected chi connectivity index (χ4v) is 2.47. The van der Waals surface area contributed by atoms with E-state index in [4.69, 9.17) is 5.11 Å². The minimum Gasteiger partial charge on any atom is -0.478 e. The van der Waals surface area contributed by atoms with Gasteiger partial charge in [-0.15, -0.1) is 0 Å². The molecule has 17 heavy (non-hydrogen) atoms. The van der Waals surface area contributed by atoms with Crippen molar-refractivity contribution < 1.29 is 9.90 Å². The topological polar surface area (TPSA) is 49.3 Å². The second-order valence-corrected chi connectivity index (χ2v) is 5.42. The maximum atomic E-state index is 10.4. The van der Waals surface area contributed by atoms with Gasteiger partial charge in [0.25, 0.3) is 0 Å². The normalized spacial score (nSPS) is 25.9. The predicted molar refractivity (Wildman–Crippen MR) is 70.0 cm³/mol. The molecule has 3 nitrogen and oxygen atoms in total. The fourth-order valence-electron chi connectivity index (χ4n) is 2.47. The van der Waals surface area contributed by atoms with Crippen LogP contribution in [0.25, 0.3) is 0 Å². The molecular weight excluding hydrogens is 214 g/mol. The van der Waals surface area contributed by atoms with Crippen molar-refractivity contribution in [2.24, 2.45) is 11.8 Å². The van der Waals surface area contributed by atoms with Crippen molar-refractivity contribution in [3.8, 4) is 0 Å². The molecule has 0 spiro atoms.